The minimum atomic E-state index is -0.272. The maximum atomic E-state index is 13.7. The predicted molar refractivity (Wildman–Crippen MR) is 119 cm³/mol. The van der Waals surface area contributed by atoms with Gasteiger partial charge < -0.3 is 5.32 Å². The number of carbonyl (C=O) groups excluding carboxylic acids is 1. The highest BCUT2D eigenvalue weighted by Gasteiger charge is 2.31. The van der Waals surface area contributed by atoms with Crippen molar-refractivity contribution in [3.8, 4) is 0 Å². The molecular weight excluding hydrogens is 375 g/mol. The zero-order valence-corrected chi connectivity index (χ0v) is 18.0. The van der Waals surface area contributed by atoms with Gasteiger partial charge in [0.05, 0.1) is 6.20 Å². The van der Waals surface area contributed by atoms with Gasteiger partial charge in [-0.25, -0.2) is 4.39 Å². The van der Waals surface area contributed by atoms with Crippen LogP contribution in [0.15, 0.2) is 42.7 Å². The second-order valence-electron chi connectivity index (χ2n) is 8.79. The van der Waals surface area contributed by atoms with E-state index in [1.165, 1.54) is 29.3 Å². The van der Waals surface area contributed by atoms with Crippen LogP contribution in [0, 0.1) is 17.7 Å². The molecule has 1 amide bonds. The standard InChI is InChI=1S/C26H31FN2O/c1-3-29-26(30)20-10-12-25-19(13-20)9-8-18-5-4-6-23(17(2)7-11-24(18)25)21-14-22(27)16-28-15-21/h6,10,12-18,24H,3-5,7-9,11H2,1-2H3,(H,29,30)/b23-6+/t17?,18-,24+/m1/s1. The largest absolute Gasteiger partial charge is 0.352 e. The Morgan fingerprint density at radius 2 is 2.03 bits per heavy atom. The maximum absolute atomic E-state index is 13.7. The third-order valence-corrected chi connectivity index (χ3v) is 6.88. The Hall–Kier alpha value is -2.49. The molecule has 0 saturated carbocycles. The lowest BCUT2D eigenvalue weighted by atomic mass is 9.71. The molecule has 2 aliphatic carbocycles. The Kier molecular flexibility index (Phi) is 6.31. The molecule has 0 saturated heterocycles. The highest BCUT2D eigenvalue weighted by Crippen LogP contribution is 2.44. The highest BCUT2D eigenvalue weighted by atomic mass is 19.1. The summed E-state index contributed by atoms with van der Waals surface area (Å²) in [7, 11) is 0. The molecule has 2 aromatic rings. The maximum Gasteiger partial charge on any atom is 0.251 e. The van der Waals surface area contributed by atoms with Crippen LogP contribution in [0.25, 0.3) is 5.57 Å². The highest BCUT2D eigenvalue weighted by molar-refractivity contribution is 5.94. The molecule has 4 heteroatoms. The van der Waals surface area contributed by atoms with Crippen LogP contribution in [-0.4, -0.2) is 17.4 Å². The zero-order chi connectivity index (χ0) is 21.1. The normalized spacial score (nSPS) is 25.6. The smallest absolute Gasteiger partial charge is 0.251 e. The van der Waals surface area contributed by atoms with E-state index in [-0.39, 0.29) is 11.7 Å². The van der Waals surface area contributed by atoms with Crippen LogP contribution in [0.1, 0.15) is 78.9 Å². The number of fused-ring (bicyclic) bond motifs is 3. The number of benzene rings is 1. The van der Waals surface area contributed by atoms with E-state index in [9.17, 15) is 9.18 Å². The van der Waals surface area contributed by atoms with Crippen LogP contribution < -0.4 is 5.32 Å². The molecule has 1 aromatic heterocycles. The molecule has 158 valence electrons. The quantitative estimate of drug-likeness (QED) is 0.688. The van der Waals surface area contributed by atoms with Crippen molar-refractivity contribution in [2.45, 2.75) is 58.3 Å². The molecule has 0 fully saturated rings. The van der Waals surface area contributed by atoms with Crippen LogP contribution in [0.4, 0.5) is 4.39 Å². The van der Waals surface area contributed by atoms with E-state index in [0.29, 0.717) is 24.3 Å². The summed E-state index contributed by atoms with van der Waals surface area (Å²) in [5.41, 5.74) is 5.69. The number of nitrogens with one attached hydrogen (secondary N) is 1. The summed E-state index contributed by atoms with van der Waals surface area (Å²) in [5.74, 6) is 1.32. The van der Waals surface area contributed by atoms with Gasteiger partial charge in [-0.2, -0.15) is 0 Å². The van der Waals surface area contributed by atoms with Gasteiger partial charge in [0, 0.05) is 18.3 Å². The number of pyridine rings is 1. The molecule has 0 bridgehead atoms. The number of hydrogen-bond donors (Lipinski definition) is 1. The van der Waals surface area contributed by atoms with Crippen LogP contribution in [0.5, 0.6) is 0 Å². The van der Waals surface area contributed by atoms with Crippen molar-refractivity contribution < 1.29 is 9.18 Å². The van der Waals surface area contributed by atoms with Crippen LogP contribution in [0.3, 0.4) is 0 Å². The Labute approximate surface area is 178 Å². The van der Waals surface area contributed by atoms with Gasteiger partial charge in [-0.15, -0.1) is 0 Å². The molecule has 0 aliphatic heterocycles. The molecule has 1 heterocycles. The number of carbonyl (C=O) groups is 1. The number of nitrogens with zero attached hydrogens (tertiary/aromatic N) is 1. The third-order valence-electron chi connectivity index (χ3n) is 6.88. The van der Waals surface area contributed by atoms with Gasteiger partial charge in [0.2, 0.25) is 0 Å². The fourth-order valence-corrected chi connectivity index (χ4v) is 5.33. The minimum Gasteiger partial charge on any atom is -0.352 e. The number of allylic oxidation sites excluding steroid dienone is 2. The molecular formula is C26H31FN2O. The molecule has 3 nitrogen and oxygen atoms in total. The third kappa shape index (κ3) is 4.33. The van der Waals surface area contributed by atoms with E-state index in [4.69, 9.17) is 0 Å². The first-order chi connectivity index (χ1) is 14.6. The van der Waals surface area contributed by atoms with E-state index >= 15 is 0 Å². The number of aromatic nitrogens is 1. The van der Waals surface area contributed by atoms with Crippen molar-refractivity contribution >= 4 is 11.5 Å². The van der Waals surface area contributed by atoms with Gasteiger partial charge in [0.1, 0.15) is 5.82 Å². The number of halogens is 1. The average Bonchev–Trinajstić information content (AvgIpc) is 2.82. The van der Waals surface area contributed by atoms with E-state index in [1.54, 1.807) is 12.3 Å². The van der Waals surface area contributed by atoms with Gasteiger partial charge in [0.25, 0.3) is 5.91 Å². The molecule has 30 heavy (non-hydrogen) atoms. The van der Waals surface area contributed by atoms with Gasteiger partial charge in [-0.1, -0.05) is 19.1 Å². The van der Waals surface area contributed by atoms with E-state index in [2.05, 4.69) is 35.4 Å². The van der Waals surface area contributed by atoms with Crippen LogP contribution in [-0.2, 0) is 6.42 Å². The molecule has 1 unspecified atom stereocenters. The summed E-state index contributed by atoms with van der Waals surface area (Å²) in [6.07, 6.45) is 12.0. The van der Waals surface area contributed by atoms with Crippen molar-refractivity contribution in [1.29, 1.82) is 0 Å². The molecule has 3 atom stereocenters. The van der Waals surface area contributed by atoms with Crippen molar-refractivity contribution in [3.05, 3.63) is 70.8 Å². The minimum absolute atomic E-state index is 0.0167. The van der Waals surface area contributed by atoms with Crippen molar-refractivity contribution in [3.63, 3.8) is 0 Å². The van der Waals surface area contributed by atoms with Gasteiger partial charge in [-0.3, -0.25) is 9.78 Å². The first-order valence-electron chi connectivity index (χ1n) is 11.3. The summed E-state index contributed by atoms with van der Waals surface area (Å²) in [5, 5.41) is 2.90. The summed E-state index contributed by atoms with van der Waals surface area (Å²) >= 11 is 0. The lowest BCUT2D eigenvalue weighted by Crippen LogP contribution is -2.25. The molecule has 2 aliphatic rings. The number of aryl methyl sites for hydroxylation is 1. The first kappa shape index (κ1) is 20.8. The number of rotatable bonds is 3. The lowest BCUT2D eigenvalue weighted by Gasteiger charge is -2.34. The molecule has 1 N–H and O–H groups in total. The molecule has 0 radical (unpaired) electrons. The molecule has 0 spiro atoms. The van der Waals surface area contributed by atoms with Crippen molar-refractivity contribution in [2.24, 2.45) is 11.8 Å². The Morgan fingerprint density at radius 1 is 1.17 bits per heavy atom. The number of amides is 1. The van der Waals surface area contributed by atoms with Crippen LogP contribution in [0.2, 0.25) is 0 Å². The second-order valence-corrected chi connectivity index (χ2v) is 8.79. The van der Waals surface area contributed by atoms with E-state index < -0.39 is 0 Å². The van der Waals surface area contributed by atoms with Crippen molar-refractivity contribution in [1.82, 2.24) is 10.3 Å². The lowest BCUT2D eigenvalue weighted by molar-refractivity contribution is 0.0955. The summed E-state index contributed by atoms with van der Waals surface area (Å²) in [6.45, 7) is 4.84. The van der Waals surface area contributed by atoms with Gasteiger partial charge >= 0.3 is 0 Å². The van der Waals surface area contributed by atoms with Gasteiger partial charge in [0.15, 0.2) is 0 Å². The summed E-state index contributed by atoms with van der Waals surface area (Å²) in [6, 6.07) is 7.90. The second kappa shape index (κ2) is 9.11. The SMILES string of the molecule is CCNC(=O)c1ccc2c(c1)CC[C@H]1CC/C=C(/c3cncc(F)c3)C(C)CC[C@H]21. The van der Waals surface area contributed by atoms with Crippen LogP contribution >= 0.6 is 0 Å². The predicted octanol–water partition coefficient (Wildman–Crippen LogP) is 5.91. The molecule has 4 rings (SSSR count). The Bertz CT molecular complexity index is 952. The monoisotopic (exact) mass is 406 g/mol. The van der Waals surface area contributed by atoms with E-state index in [1.807, 2.05) is 13.0 Å². The van der Waals surface area contributed by atoms with Crippen molar-refractivity contribution in [2.75, 3.05) is 6.54 Å². The zero-order valence-electron chi connectivity index (χ0n) is 18.0. The fraction of sp³-hybridized carbons (Fsp3) is 0.462. The first-order valence-corrected chi connectivity index (χ1v) is 11.3. The Morgan fingerprint density at radius 3 is 2.83 bits per heavy atom. The van der Waals surface area contributed by atoms with E-state index in [0.717, 1.165) is 43.2 Å². The summed E-state index contributed by atoms with van der Waals surface area (Å²) in [4.78, 5) is 16.3. The average molecular weight is 407 g/mol. The van der Waals surface area contributed by atoms with Gasteiger partial charge in [-0.05, 0) is 104 Å². The summed E-state index contributed by atoms with van der Waals surface area (Å²) < 4.78 is 13.7. The topological polar surface area (TPSA) is 42.0 Å². The molecule has 1 aromatic carbocycles. The fourth-order valence-electron chi connectivity index (χ4n) is 5.33. The Balaban J connectivity index is 1.57. The number of hydrogen-bond acceptors (Lipinski definition) is 2.